The number of aromatic hydroxyl groups is 1. The van der Waals surface area contributed by atoms with Crippen LogP contribution in [0.15, 0.2) is 84.9 Å². The molecule has 178 valence electrons. The fraction of sp³-hybridized carbons (Fsp3) is 0.276. The summed E-state index contributed by atoms with van der Waals surface area (Å²) in [5, 5.41) is 13.4. The molecule has 0 fully saturated rings. The van der Waals surface area contributed by atoms with E-state index in [4.69, 9.17) is 9.47 Å². The van der Waals surface area contributed by atoms with Crippen molar-refractivity contribution >= 4 is 11.8 Å². The van der Waals surface area contributed by atoms with Crippen LogP contribution in [0.2, 0.25) is 0 Å². The third-order valence-electron chi connectivity index (χ3n) is 7.34. The molecule has 0 saturated heterocycles. The second-order valence-electron chi connectivity index (χ2n) is 9.57. The summed E-state index contributed by atoms with van der Waals surface area (Å²) in [5.74, 6) is 0.745. The Morgan fingerprint density at radius 2 is 1.86 bits per heavy atom. The summed E-state index contributed by atoms with van der Waals surface area (Å²) < 4.78 is 12.1. The zero-order valence-electron chi connectivity index (χ0n) is 19.4. The molecule has 1 aliphatic carbocycles. The topological polar surface area (TPSA) is 71.0 Å². The number of ether oxygens (including phenoxy) is 2. The number of nitrogens with one attached hydrogen (secondary N) is 1. The van der Waals surface area contributed by atoms with Gasteiger partial charge >= 0.3 is 6.09 Å². The lowest BCUT2D eigenvalue weighted by Crippen LogP contribution is -2.44. The van der Waals surface area contributed by atoms with Crippen LogP contribution in [-0.2, 0) is 23.2 Å². The molecule has 0 unspecified atom stereocenters. The van der Waals surface area contributed by atoms with E-state index in [9.17, 15) is 9.90 Å². The predicted molar refractivity (Wildman–Crippen MR) is 133 cm³/mol. The van der Waals surface area contributed by atoms with Crippen molar-refractivity contribution in [1.29, 1.82) is 0 Å². The molecule has 3 aromatic rings. The van der Waals surface area contributed by atoms with Crippen LogP contribution in [0, 0.1) is 0 Å². The van der Waals surface area contributed by atoms with Crippen molar-refractivity contribution in [2.75, 3.05) is 11.9 Å². The quantitative estimate of drug-likeness (QED) is 0.504. The summed E-state index contributed by atoms with van der Waals surface area (Å²) >= 11 is 0. The molecular formula is C29H28N2O4. The number of hydrogen-bond donors (Lipinski definition) is 2. The molecule has 35 heavy (non-hydrogen) atoms. The number of phenols is 1. The maximum Gasteiger partial charge on any atom is 0.412 e. The van der Waals surface area contributed by atoms with Crippen LogP contribution in [0.4, 0.5) is 10.5 Å². The second kappa shape index (κ2) is 8.78. The van der Waals surface area contributed by atoms with Crippen LogP contribution >= 0.6 is 0 Å². The molecule has 6 rings (SSSR count). The minimum atomic E-state index is -0.490. The van der Waals surface area contributed by atoms with Crippen molar-refractivity contribution in [2.45, 2.75) is 43.6 Å². The van der Waals surface area contributed by atoms with Gasteiger partial charge < -0.3 is 14.6 Å². The van der Waals surface area contributed by atoms with Crippen LogP contribution in [-0.4, -0.2) is 34.9 Å². The third kappa shape index (κ3) is 4.04. The molecule has 0 aromatic heterocycles. The highest BCUT2D eigenvalue weighted by atomic mass is 16.6. The fourth-order valence-corrected chi connectivity index (χ4v) is 5.70. The fourth-order valence-electron chi connectivity index (χ4n) is 5.70. The summed E-state index contributed by atoms with van der Waals surface area (Å²) in [5.41, 5.74) is 3.90. The first kappa shape index (κ1) is 21.7. The molecule has 1 spiro atoms. The maximum absolute atomic E-state index is 12.5. The monoisotopic (exact) mass is 468 g/mol. The Balaban J connectivity index is 1.25. The molecule has 3 aliphatic rings. The van der Waals surface area contributed by atoms with Gasteiger partial charge in [0.15, 0.2) is 11.5 Å². The highest BCUT2D eigenvalue weighted by Gasteiger charge is 2.53. The SMILES string of the molecule is O=C(Nc1ccccc1)O[C@H]1C=C[C@@]23CCN(Cc4ccccc4)Cc4ccc(O)c(c42)O[C@H]3C1. The molecule has 3 atom stereocenters. The van der Waals surface area contributed by atoms with Gasteiger partial charge in [-0.3, -0.25) is 10.2 Å². The van der Waals surface area contributed by atoms with Crippen LogP contribution in [0.3, 0.4) is 0 Å². The number of benzene rings is 3. The van der Waals surface area contributed by atoms with Gasteiger partial charge in [-0.1, -0.05) is 60.7 Å². The first-order valence-electron chi connectivity index (χ1n) is 12.1. The summed E-state index contributed by atoms with van der Waals surface area (Å²) in [6.45, 7) is 2.56. The Morgan fingerprint density at radius 1 is 1.09 bits per heavy atom. The van der Waals surface area contributed by atoms with Crippen LogP contribution in [0.1, 0.15) is 29.5 Å². The van der Waals surface area contributed by atoms with Gasteiger partial charge in [-0.05, 0) is 41.8 Å². The van der Waals surface area contributed by atoms with Gasteiger partial charge in [0, 0.05) is 37.3 Å². The van der Waals surface area contributed by atoms with E-state index in [0.717, 1.165) is 31.6 Å². The average Bonchev–Trinajstić information content (AvgIpc) is 3.12. The van der Waals surface area contributed by atoms with E-state index in [2.05, 4.69) is 40.6 Å². The number of nitrogens with zero attached hydrogens (tertiary/aromatic N) is 1. The zero-order valence-corrected chi connectivity index (χ0v) is 19.4. The number of carbonyl (C=O) groups is 1. The molecule has 2 heterocycles. The van der Waals surface area contributed by atoms with Crippen LogP contribution in [0.25, 0.3) is 0 Å². The van der Waals surface area contributed by atoms with Crippen LogP contribution < -0.4 is 10.1 Å². The maximum atomic E-state index is 12.5. The molecule has 0 bridgehead atoms. The summed E-state index contributed by atoms with van der Waals surface area (Å²) in [7, 11) is 0. The molecular weight excluding hydrogens is 440 g/mol. The van der Waals surface area contributed by atoms with Crippen molar-refractivity contribution in [3.8, 4) is 11.5 Å². The van der Waals surface area contributed by atoms with Crippen molar-refractivity contribution in [3.05, 3.63) is 102 Å². The van der Waals surface area contributed by atoms with E-state index in [0.29, 0.717) is 17.9 Å². The smallest absolute Gasteiger partial charge is 0.412 e. The number of carbonyl (C=O) groups excluding carboxylic acids is 1. The summed E-state index contributed by atoms with van der Waals surface area (Å²) in [6, 6.07) is 23.5. The Hall–Kier alpha value is -3.77. The zero-order chi connectivity index (χ0) is 23.8. The van der Waals surface area contributed by atoms with Gasteiger partial charge in [-0.25, -0.2) is 4.79 Å². The van der Waals surface area contributed by atoms with E-state index < -0.39 is 12.2 Å². The van der Waals surface area contributed by atoms with Gasteiger partial charge in [-0.2, -0.15) is 0 Å². The number of para-hydroxylation sites is 1. The van der Waals surface area contributed by atoms with E-state index in [1.165, 1.54) is 11.1 Å². The molecule has 2 aliphatic heterocycles. The Labute approximate surface area is 204 Å². The third-order valence-corrected chi connectivity index (χ3v) is 7.34. The van der Waals surface area contributed by atoms with Gasteiger partial charge in [0.1, 0.15) is 12.2 Å². The van der Waals surface area contributed by atoms with Gasteiger partial charge in [-0.15, -0.1) is 0 Å². The normalized spacial score (nSPS) is 24.6. The van der Waals surface area contributed by atoms with Crippen molar-refractivity contribution < 1.29 is 19.4 Å². The predicted octanol–water partition coefficient (Wildman–Crippen LogP) is 5.37. The number of anilines is 1. The largest absolute Gasteiger partial charge is 0.504 e. The minimum absolute atomic E-state index is 0.168. The average molecular weight is 469 g/mol. The van der Waals surface area contributed by atoms with Gasteiger partial charge in [0.25, 0.3) is 0 Å². The van der Waals surface area contributed by atoms with E-state index in [-0.39, 0.29) is 17.3 Å². The lowest BCUT2D eigenvalue weighted by Gasteiger charge is -2.36. The molecule has 0 radical (unpaired) electrons. The second-order valence-corrected chi connectivity index (χ2v) is 9.57. The van der Waals surface area contributed by atoms with Crippen molar-refractivity contribution in [1.82, 2.24) is 4.90 Å². The van der Waals surface area contributed by atoms with Crippen molar-refractivity contribution in [3.63, 3.8) is 0 Å². The summed E-state index contributed by atoms with van der Waals surface area (Å²) in [6.07, 6.45) is 4.44. The standard InChI is InChI=1S/C29H28N2O4/c32-24-12-11-21-19-31(18-20-7-3-1-4-8-20)16-15-29-14-13-23(17-25(29)35-27(24)26(21)29)34-28(33)30-22-9-5-2-6-10-22/h1-14,23,25,32H,15-19H2,(H,30,33)/t23-,25-,29-/m0/s1. The Morgan fingerprint density at radius 3 is 2.66 bits per heavy atom. The van der Waals surface area contributed by atoms with Crippen molar-refractivity contribution in [2.24, 2.45) is 0 Å². The highest BCUT2D eigenvalue weighted by Crippen LogP contribution is 2.55. The molecule has 1 amide bonds. The number of amides is 1. The van der Waals surface area contributed by atoms with Gasteiger partial charge in [0.2, 0.25) is 0 Å². The number of hydrogen-bond acceptors (Lipinski definition) is 5. The van der Waals surface area contributed by atoms with E-state index in [1.54, 1.807) is 6.07 Å². The first-order chi connectivity index (χ1) is 17.1. The molecule has 6 nitrogen and oxygen atoms in total. The summed E-state index contributed by atoms with van der Waals surface area (Å²) in [4.78, 5) is 14.9. The van der Waals surface area contributed by atoms with Gasteiger partial charge in [0.05, 0.1) is 5.41 Å². The Bertz CT molecular complexity index is 1260. The van der Waals surface area contributed by atoms with E-state index in [1.807, 2.05) is 48.5 Å². The lowest BCUT2D eigenvalue weighted by atomic mass is 9.69. The molecule has 0 saturated carbocycles. The van der Waals surface area contributed by atoms with Crippen LogP contribution in [0.5, 0.6) is 11.5 Å². The Kier molecular flexibility index (Phi) is 5.46. The number of phenolic OH excluding ortho intramolecular Hbond substituents is 1. The molecule has 3 aromatic carbocycles. The minimum Gasteiger partial charge on any atom is -0.504 e. The lowest BCUT2D eigenvalue weighted by molar-refractivity contribution is 0.0658. The first-order valence-corrected chi connectivity index (χ1v) is 12.1. The molecule has 6 heteroatoms. The number of rotatable bonds is 4. The highest BCUT2D eigenvalue weighted by molar-refractivity contribution is 5.84. The molecule has 2 N–H and O–H groups in total. The van der Waals surface area contributed by atoms with E-state index >= 15 is 0 Å².